The van der Waals surface area contributed by atoms with Crippen LogP contribution in [0.2, 0.25) is 0 Å². The fourth-order valence-electron chi connectivity index (χ4n) is 2.99. The fourth-order valence-corrected chi connectivity index (χ4v) is 2.99. The molecule has 3 nitrogen and oxygen atoms in total. The Bertz CT molecular complexity index is 998. The smallest absolute Gasteiger partial charge is 0.155 e. The SMILES string of the molecule is CC(=O)C=C(C)O.Cc1[c-]c(-c2nc3ccc(C)cc3cc2C)cc(C)c1.[Ir]. The van der Waals surface area contributed by atoms with E-state index in [0.717, 1.165) is 22.3 Å². The van der Waals surface area contributed by atoms with Crippen LogP contribution in [0.4, 0.5) is 0 Å². The summed E-state index contributed by atoms with van der Waals surface area (Å²) < 4.78 is 0. The van der Waals surface area contributed by atoms with E-state index in [2.05, 4.69) is 70.2 Å². The van der Waals surface area contributed by atoms with Crippen LogP contribution < -0.4 is 0 Å². The number of carbonyl (C=O) groups excluding carboxylic acids is 1. The predicted octanol–water partition coefficient (Wildman–Crippen LogP) is 5.97. The van der Waals surface area contributed by atoms with Crippen molar-refractivity contribution in [2.75, 3.05) is 0 Å². The van der Waals surface area contributed by atoms with Crippen molar-refractivity contribution in [1.29, 1.82) is 0 Å². The molecule has 1 heterocycles. The van der Waals surface area contributed by atoms with Gasteiger partial charge in [-0.1, -0.05) is 37.1 Å². The van der Waals surface area contributed by atoms with E-state index in [-0.39, 0.29) is 31.6 Å². The van der Waals surface area contributed by atoms with Gasteiger partial charge in [-0.05, 0) is 50.9 Å². The van der Waals surface area contributed by atoms with E-state index in [1.807, 2.05) is 0 Å². The van der Waals surface area contributed by atoms with Crippen LogP contribution in [0, 0.1) is 33.8 Å². The van der Waals surface area contributed by atoms with Crippen molar-refractivity contribution >= 4 is 16.7 Å². The third kappa shape index (κ3) is 6.70. The van der Waals surface area contributed by atoms with Gasteiger partial charge in [0.05, 0.1) is 11.3 Å². The van der Waals surface area contributed by atoms with Crippen molar-refractivity contribution in [2.45, 2.75) is 41.5 Å². The van der Waals surface area contributed by atoms with E-state index in [4.69, 9.17) is 10.1 Å². The Labute approximate surface area is 180 Å². The van der Waals surface area contributed by atoms with Crippen LogP contribution in [-0.2, 0) is 24.9 Å². The van der Waals surface area contributed by atoms with Crippen molar-refractivity contribution in [3.8, 4) is 11.3 Å². The van der Waals surface area contributed by atoms with Gasteiger partial charge in [0.25, 0.3) is 0 Å². The number of fused-ring (bicyclic) bond motifs is 1. The number of hydrogen-bond donors (Lipinski definition) is 1. The third-order valence-electron chi connectivity index (χ3n) is 3.98. The summed E-state index contributed by atoms with van der Waals surface area (Å²) >= 11 is 0. The molecule has 0 aliphatic rings. The summed E-state index contributed by atoms with van der Waals surface area (Å²) in [6.07, 6.45) is 1.17. The quantitative estimate of drug-likeness (QED) is 0.242. The van der Waals surface area contributed by atoms with E-state index in [1.165, 1.54) is 42.0 Å². The summed E-state index contributed by atoms with van der Waals surface area (Å²) in [5.74, 6) is -0.0625. The van der Waals surface area contributed by atoms with Crippen LogP contribution in [0.3, 0.4) is 0 Å². The van der Waals surface area contributed by atoms with Gasteiger partial charge < -0.3 is 5.11 Å². The molecule has 0 bridgehead atoms. The number of benzene rings is 2. The Hall–Kier alpha value is -2.29. The van der Waals surface area contributed by atoms with E-state index in [0.29, 0.717) is 0 Å². The van der Waals surface area contributed by atoms with Crippen molar-refractivity contribution in [3.63, 3.8) is 0 Å². The molecule has 0 unspecified atom stereocenters. The monoisotopic (exact) mass is 553 g/mol. The first kappa shape index (κ1) is 23.7. The fraction of sp³-hybridized carbons (Fsp3) is 0.250. The third-order valence-corrected chi connectivity index (χ3v) is 3.98. The molecule has 0 aliphatic carbocycles. The molecule has 3 aromatic rings. The average Bonchev–Trinajstić information content (AvgIpc) is 2.52. The van der Waals surface area contributed by atoms with Gasteiger partial charge in [-0.15, -0.1) is 34.9 Å². The molecule has 28 heavy (non-hydrogen) atoms. The molecular formula is C24H26IrNO2-. The number of carbonyl (C=O) groups is 1. The Morgan fingerprint density at radius 1 is 1.00 bits per heavy atom. The van der Waals surface area contributed by atoms with E-state index < -0.39 is 0 Å². The summed E-state index contributed by atoms with van der Waals surface area (Å²) in [7, 11) is 0. The van der Waals surface area contributed by atoms with Crippen LogP contribution >= 0.6 is 0 Å². The summed E-state index contributed by atoms with van der Waals surface area (Å²) in [5.41, 5.74) is 8.04. The molecule has 1 radical (unpaired) electrons. The maximum absolute atomic E-state index is 10.0. The zero-order valence-electron chi connectivity index (χ0n) is 17.2. The minimum Gasteiger partial charge on any atom is -0.512 e. The molecule has 0 aliphatic heterocycles. The first-order valence-electron chi connectivity index (χ1n) is 8.92. The first-order valence-corrected chi connectivity index (χ1v) is 8.92. The summed E-state index contributed by atoms with van der Waals surface area (Å²) in [4.78, 5) is 14.9. The van der Waals surface area contributed by atoms with Crippen LogP contribution in [-0.4, -0.2) is 15.9 Å². The van der Waals surface area contributed by atoms with Gasteiger partial charge >= 0.3 is 0 Å². The Morgan fingerprint density at radius 3 is 2.21 bits per heavy atom. The van der Waals surface area contributed by atoms with Gasteiger partial charge in [0, 0.05) is 26.2 Å². The van der Waals surface area contributed by atoms with E-state index in [9.17, 15) is 4.79 Å². The molecule has 2 aromatic carbocycles. The van der Waals surface area contributed by atoms with Gasteiger partial charge in [0.15, 0.2) is 5.78 Å². The minimum atomic E-state index is -0.125. The molecule has 0 saturated carbocycles. The van der Waals surface area contributed by atoms with Crippen LogP contribution in [0.15, 0.2) is 48.2 Å². The predicted molar refractivity (Wildman–Crippen MR) is 112 cm³/mol. The molecule has 0 atom stereocenters. The molecule has 0 amide bonds. The molecule has 1 N–H and O–H groups in total. The average molecular weight is 553 g/mol. The van der Waals surface area contributed by atoms with Crippen LogP contribution in [0.5, 0.6) is 0 Å². The maximum Gasteiger partial charge on any atom is 0.155 e. The Morgan fingerprint density at radius 2 is 1.68 bits per heavy atom. The standard InChI is InChI=1S/C19H18N.C5H8O2.Ir/c1-12-5-6-18-16(8-12)11-15(4)19(20-18)17-9-13(2)7-14(3)10-17;1-4(6)3-5(2)7;/h5-9,11H,1-4H3;3,6H,1-2H3;/q-1;;. The minimum absolute atomic E-state index is 0. The number of ketones is 1. The van der Waals surface area contributed by atoms with Crippen LogP contribution in [0.25, 0.3) is 22.2 Å². The number of aliphatic hydroxyl groups excluding tert-OH is 1. The number of nitrogens with zero attached hydrogens (tertiary/aromatic N) is 1. The summed E-state index contributed by atoms with van der Waals surface area (Å²) in [5, 5.41) is 9.57. The van der Waals surface area contributed by atoms with Gasteiger partial charge in [-0.2, -0.15) is 0 Å². The van der Waals surface area contributed by atoms with Crippen molar-refractivity contribution in [1.82, 2.24) is 4.98 Å². The van der Waals surface area contributed by atoms with Gasteiger partial charge in [0.2, 0.25) is 0 Å². The second-order valence-corrected chi connectivity index (χ2v) is 7.00. The molecule has 1 aromatic heterocycles. The number of pyridine rings is 1. The maximum atomic E-state index is 10.0. The number of aliphatic hydroxyl groups is 1. The summed E-state index contributed by atoms with van der Waals surface area (Å²) in [6, 6.07) is 16.3. The molecule has 0 spiro atoms. The number of hydrogen-bond acceptors (Lipinski definition) is 3. The molecule has 0 saturated heterocycles. The largest absolute Gasteiger partial charge is 0.512 e. The van der Waals surface area contributed by atoms with Crippen molar-refractivity contribution < 1.29 is 30.0 Å². The van der Waals surface area contributed by atoms with Gasteiger partial charge in [-0.3, -0.25) is 9.78 Å². The second kappa shape index (κ2) is 10.3. The first-order chi connectivity index (χ1) is 12.7. The number of aromatic nitrogens is 1. The van der Waals surface area contributed by atoms with Gasteiger partial charge in [0.1, 0.15) is 0 Å². The van der Waals surface area contributed by atoms with Gasteiger partial charge in [-0.25, -0.2) is 0 Å². The normalized spacial score (nSPS) is 10.7. The zero-order chi connectivity index (χ0) is 20.1. The number of allylic oxidation sites excluding steroid dienone is 2. The van der Waals surface area contributed by atoms with E-state index in [1.54, 1.807) is 0 Å². The molecule has 3 rings (SSSR count). The zero-order valence-corrected chi connectivity index (χ0v) is 19.6. The van der Waals surface area contributed by atoms with Crippen molar-refractivity contribution in [2.24, 2.45) is 0 Å². The Balaban J connectivity index is 0.000000425. The molecule has 0 fully saturated rings. The Kier molecular flexibility index (Phi) is 8.74. The second-order valence-electron chi connectivity index (χ2n) is 7.00. The molecular weight excluding hydrogens is 526 g/mol. The number of rotatable bonds is 2. The topological polar surface area (TPSA) is 50.2 Å². The summed E-state index contributed by atoms with van der Waals surface area (Å²) in [6.45, 7) is 11.3. The van der Waals surface area contributed by atoms with E-state index >= 15 is 0 Å². The molecule has 4 heteroatoms. The molecule has 149 valence electrons. The van der Waals surface area contributed by atoms with Crippen LogP contribution in [0.1, 0.15) is 36.1 Å². The number of aryl methyl sites for hydroxylation is 4. The van der Waals surface area contributed by atoms with Crippen molar-refractivity contribution in [3.05, 3.63) is 76.6 Å².